The lowest BCUT2D eigenvalue weighted by Crippen LogP contribution is -2.34. The highest BCUT2D eigenvalue weighted by atomic mass is 15.3. The Bertz CT molecular complexity index is 489. The maximum atomic E-state index is 5.56. The molecule has 0 bridgehead atoms. The van der Waals surface area contributed by atoms with Gasteiger partial charge in [0.2, 0.25) is 0 Å². The van der Waals surface area contributed by atoms with Crippen molar-refractivity contribution < 1.29 is 0 Å². The largest absolute Gasteiger partial charge is 0.365 e. The van der Waals surface area contributed by atoms with Gasteiger partial charge in [-0.3, -0.25) is 4.90 Å². The van der Waals surface area contributed by atoms with Crippen LogP contribution in [-0.2, 0) is 6.42 Å². The molecule has 0 amide bonds. The summed E-state index contributed by atoms with van der Waals surface area (Å²) < 4.78 is 0. The van der Waals surface area contributed by atoms with Gasteiger partial charge in [0, 0.05) is 30.6 Å². The SMILES string of the molecule is CCc1nc(NN)c(C)c(NC2CCN3CCCC23)n1. The lowest BCUT2D eigenvalue weighted by Gasteiger charge is -2.23. The first kappa shape index (κ1) is 13.6. The fourth-order valence-corrected chi connectivity index (χ4v) is 3.43. The van der Waals surface area contributed by atoms with Gasteiger partial charge in [0.05, 0.1) is 0 Å². The predicted molar refractivity (Wildman–Crippen MR) is 80.6 cm³/mol. The number of nitrogens with one attached hydrogen (secondary N) is 2. The van der Waals surface area contributed by atoms with Crippen molar-refractivity contribution in [3.05, 3.63) is 11.4 Å². The molecule has 2 saturated heterocycles. The number of nitrogen functional groups attached to an aromatic ring is 1. The summed E-state index contributed by atoms with van der Waals surface area (Å²) in [7, 11) is 0. The normalized spacial score (nSPS) is 25.8. The van der Waals surface area contributed by atoms with Gasteiger partial charge in [-0.25, -0.2) is 15.8 Å². The maximum Gasteiger partial charge on any atom is 0.148 e. The molecule has 1 aromatic rings. The fourth-order valence-electron chi connectivity index (χ4n) is 3.43. The second kappa shape index (κ2) is 5.54. The molecule has 2 atom stereocenters. The number of anilines is 2. The van der Waals surface area contributed by atoms with E-state index >= 15 is 0 Å². The average molecular weight is 276 g/mol. The van der Waals surface area contributed by atoms with Crippen LogP contribution in [0.1, 0.15) is 37.6 Å². The van der Waals surface area contributed by atoms with Crippen LogP contribution in [0.5, 0.6) is 0 Å². The minimum Gasteiger partial charge on any atom is -0.365 e. The van der Waals surface area contributed by atoms with Crippen LogP contribution in [0.2, 0.25) is 0 Å². The summed E-state index contributed by atoms with van der Waals surface area (Å²) in [5.41, 5.74) is 3.68. The number of fused-ring (bicyclic) bond motifs is 1. The summed E-state index contributed by atoms with van der Waals surface area (Å²) in [6, 6.07) is 1.17. The van der Waals surface area contributed by atoms with Gasteiger partial charge in [0.15, 0.2) is 0 Å². The number of nitrogens with zero attached hydrogens (tertiary/aromatic N) is 3. The Morgan fingerprint density at radius 1 is 1.25 bits per heavy atom. The van der Waals surface area contributed by atoms with Crippen molar-refractivity contribution in [2.24, 2.45) is 5.84 Å². The number of aryl methyl sites for hydroxylation is 1. The highest BCUT2D eigenvalue weighted by Crippen LogP contribution is 2.31. The lowest BCUT2D eigenvalue weighted by molar-refractivity contribution is 0.318. The summed E-state index contributed by atoms with van der Waals surface area (Å²) in [4.78, 5) is 11.6. The van der Waals surface area contributed by atoms with Crippen molar-refractivity contribution in [2.75, 3.05) is 23.8 Å². The van der Waals surface area contributed by atoms with E-state index in [0.717, 1.165) is 29.4 Å². The van der Waals surface area contributed by atoms with Crippen LogP contribution in [0, 0.1) is 6.92 Å². The first-order valence-electron chi connectivity index (χ1n) is 7.57. The van der Waals surface area contributed by atoms with Crippen molar-refractivity contribution in [1.82, 2.24) is 14.9 Å². The highest BCUT2D eigenvalue weighted by Gasteiger charge is 2.37. The Balaban J connectivity index is 1.83. The van der Waals surface area contributed by atoms with Crippen molar-refractivity contribution >= 4 is 11.6 Å². The van der Waals surface area contributed by atoms with Crippen LogP contribution < -0.4 is 16.6 Å². The zero-order valence-electron chi connectivity index (χ0n) is 12.3. The Labute approximate surface area is 120 Å². The molecule has 0 aromatic carbocycles. The third kappa shape index (κ3) is 2.33. The molecule has 0 aliphatic carbocycles. The molecule has 2 aliphatic rings. The summed E-state index contributed by atoms with van der Waals surface area (Å²) >= 11 is 0. The Hall–Kier alpha value is -1.40. The van der Waals surface area contributed by atoms with E-state index in [0.29, 0.717) is 12.1 Å². The van der Waals surface area contributed by atoms with Gasteiger partial charge in [0.25, 0.3) is 0 Å². The monoisotopic (exact) mass is 276 g/mol. The first-order valence-corrected chi connectivity index (χ1v) is 7.57. The van der Waals surface area contributed by atoms with E-state index in [4.69, 9.17) is 5.84 Å². The van der Waals surface area contributed by atoms with Crippen LogP contribution in [0.25, 0.3) is 0 Å². The molecule has 2 aliphatic heterocycles. The molecule has 20 heavy (non-hydrogen) atoms. The molecule has 0 radical (unpaired) electrons. The molecule has 3 rings (SSSR count). The van der Waals surface area contributed by atoms with Gasteiger partial charge in [-0.2, -0.15) is 0 Å². The molecule has 2 unspecified atom stereocenters. The van der Waals surface area contributed by atoms with E-state index in [1.165, 1.54) is 32.4 Å². The summed E-state index contributed by atoms with van der Waals surface area (Å²) in [6.45, 7) is 6.53. The van der Waals surface area contributed by atoms with E-state index in [-0.39, 0.29) is 0 Å². The van der Waals surface area contributed by atoms with Crippen LogP contribution in [-0.4, -0.2) is 40.0 Å². The molecule has 1 aromatic heterocycles. The predicted octanol–water partition coefficient (Wildman–Crippen LogP) is 1.28. The molecule has 0 spiro atoms. The van der Waals surface area contributed by atoms with Gasteiger partial charge < -0.3 is 10.7 Å². The van der Waals surface area contributed by atoms with E-state index in [1.807, 2.05) is 6.92 Å². The molecule has 4 N–H and O–H groups in total. The zero-order chi connectivity index (χ0) is 14.1. The van der Waals surface area contributed by atoms with Crippen molar-refractivity contribution in [3.8, 4) is 0 Å². The molecule has 6 nitrogen and oxygen atoms in total. The molecule has 6 heteroatoms. The summed E-state index contributed by atoms with van der Waals surface area (Å²) in [5, 5.41) is 3.64. The second-order valence-electron chi connectivity index (χ2n) is 5.74. The van der Waals surface area contributed by atoms with Crippen molar-refractivity contribution in [2.45, 2.75) is 51.6 Å². The van der Waals surface area contributed by atoms with E-state index in [2.05, 4.69) is 32.5 Å². The number of rotatable bonds is 4. The van der Waals surface area contributed by atoms with Crippen LogP contribution in [0.3, 0.4) is 0 Å². The van der Waals surface area contributed by atoms with Gasteiger partial charge in [-0.1, -0.05) is 6.92 Å². The minimum atomic E-state index is 0.501. The number of hydrogen-bond donors (Lipinski definition) is 3. The average Bonchev–Trinajstić information content (AvgIpc) is 3.06. The topological polar surface area (TPSA) is 79.1 Å². The van der Waals surface area contributed by atoms with Gasteiger partial charge in [0.1, 0.15) is 17.5 Å². The van der Waals surface area contributed by atoms with Crippen molar-refractivity contribution in [3.63, 3.8) is 0 Å². The number of aromatic nitrogens is 2. The van der Waals surface area contributed by atoms with Gasteiger partial charge >= 0.3 is 0 Å². The van der Waals surface area contributed by atoms with Crippen LogP contribution >= 0.6 is 0 Å². The zero-order valence-corrected chi connectivity index (χ0v) is 12.3. The van der Waals surface area contributed by atoms with Crippen molar-refractivity contribution in [1.29, 1.82) is 0 Å². The standard InChI is InChI=1S/C14H24N6/c1-3-12-17-13(9(2)14(18-12)19-15)16-10-6-8-20-7-4-5-11(10)20/h10-11H,3-8,15H2,1-2H3,(H2,16,17,18,19). The Morgan fingerprint density at radius 3 is 2.80 bits per heavy atom. The minimum absolute atomic E-state index is 0.501. The molecular weight excluding hydrogens is 252 g/mol. The van der Waals surface area contributed by atoms with Gasteiger partial charge in [-0.15, -0.1) is 0 Å². The third-order valence-electron chi connectivity index (χ3n) is 4.57. The molecule has 0 saturated carbocycles. The summed E-state index contributed by atoms with van der Waals surface area (Å²) in [6.07, 6.45) is 4.62. The number of nitrogens with two attached hydrogens (primary N) is 1. The van der Waals surface area contributed by atoms with Gasteiger partial charge in [-0.05, 0) is 32.7 Å². The molecule has 110 valence electrons. The highest BCUT2D eigenvalue weighted by molar-refractivity contribution is 5.57. The molecule has 2 fully saturated rings. The second-order valence-corrected chi connectivity index (χ2v) is 5.74. The lowest BCUT2D eigenvalue weighted by atomic mass is 10.1. The number of hydrazine groups is 1. The van der Waals surface area contributed by atoms with Crippen LogP contribution in [0.4, 0.5) is 11.6 Å². The molecular formula is C14H24N6. The fraction of sp³-hybridized carbons (Fsp3) is 0.714. The first-order chi connectivity index (χ1) is 9.72. The Morgan fingerprint density at radius 2 is 2.05 bits per heavy atom. The Kier molecular flexibility index (Phi) is 3.76. The smallest absolute Gasteiger partial charge is 0.148 e. The quantitative estimate of drug-likeness (QED) is 0.568. The molecule has 3 heterocycles. The summed E-state index contributed by atoms with van der Waals surface area (Å²) in [5.74, 6) is 8.04. The third-order valence-corrected chi connectivity index (χ3v) is 4.57. The van der Waals surface area contributed by atoms with Crippen LogP contribution in [0.15, 0.2) is 0 Å². The van der Waals surface area contributed by atoms with E-state index < -0.39 is 0 Å². The van der Waals surface area contributed by atoms with E-state index in [9.17, 15) is 0 Å². The maximum absolute atomic E-state index is 5.56. The van der Waals surface area contributed by atoms with E-state index in [1.54, 1.807) is 0 Å². The number of hydrogen-bond acceptors (Lipinski definition) is 6.